The highest BCUT2D eigenvalue weighted by atomic mass is 32.1. The van der Waals surface area contributed by atoms with Gasteiger partial charge in [-0.2, -0.15) is 12.6 Å². The third-order valence-corrected chi connectivity index (χ3v) is 5.78. The summed E-state index contributed by atoms with van der Waals surface area (Å²) in [6, 6.07) is -4.10. The Hall–Kier alpha value is -2.34. The Morgan fingerprint density at radius 2 is 1.81 bits per heavy atom. The first-order chi connectivity index (χ1) is 14.5. The summed E-state index contributed by atoms with van der Waals surface area (Å²) in [5.74, 6) is -4.37. The molecule has 12 heteroatoms. The standard InChI is InChI=1S/C19H32N4O7S/c1-3-10(2)15(18(28)23-8-4-5-13(23)19(29)30)22-17(27)12(9-31)21-16(26)11(20)6-7-14(24)25/h10-13,15,31H,3-9,20H2,1-2H3,(H,21,26)(H,22,27)(H,24,25)(H,29,30). The quantitative estimate of drug-likeness (QED) is 0.205. The van der Waals surface area contributed by atoms with Crippen molar-refractivity contribution in [3.8, 4) is 0 Å². The summed E-state index contributed by atoms with van der Waals surface area (Å²) in [6.45, 7) is 3.91. The number of likely N-dealkylation sites (tertiary alicyclic amines) is 1. The lowest BCUT2D eigenvalue weighted by Crippen LogP contribution is -2.59. The number of carboxylic acids is 2. The van der Waals surface area contributed by atoms with Crippen LogP contribution in [-0.2, 0) is 24.0 Å². The summed E-state index contributed by atoms with van der Waals surface area (Å²) < 4.78 is 0. The van der Waals surface area contributed by atoms with Crippen LogP contribution in [0.15, 0.2) is 0 Å². The number of rotatable bonds is 12. The first-order valence-corrected chi connectivity index (χ1v) is 10.9. The maximum Gasteiger partial charge on any atom is 0.326 e. The summed E-state index contributed by atoms with van der Waals surface area (Å²) in [5, 5.41) is 23.1. The summed E-state index contributed by atoms with van der Waals surface area (Å²) >= 11 is 4.08. The lowest BCUT2D eigenvalue weighted by molar-refractivity contribution is -0.150. The topological polar surface area (TPSA) is 179 Å². The molecule has 0 bridgehead atoms. The third-order valence-electron chi connectivity index (χ3n) is 5.42. The normalized spacial score (nSPS) is 19.7. The van der Waals surface area contributed by atoms with Crippen LogP contribution in [0.2, 0.25) is 0 Å². The summed E-state index contributed by atoms with van der Waals surface area (Å²) in [7, 11) is 0. The molecule has 0 saturated carbocycles. The fraction of sp³-hybridized carbons (Fsp3) is 0.737. The molecule has 5 unspecified atom stereocenters. The van der Waals surface area contributed by atoms with Crippen molar-refractivity contribution in [1.82, 2.24) is 15.5 Å². The Kier molecular flexibility index (Phi) is 10.8. The van der Waals surface area contributed by atoms with E-state index in [9.17, 15) is 29.1 Å². The average Bonchev–Trinajstić information content (AvgIpc) is 3.22. The number of nitrogens with two attached hydrogens (primary N) is 1. The van der Waals surface area contributed by atoms with Gasteiger partial charge in [0.25, 0.3) is 0 Å². The van der Waals surface area contributed by atoms with Gasteiger partial charge in [0.15, 0.2) is 0 Å². The van der Waals surface area contributed by atoms with Crippen molar-refractivity contribution in [1.29, 1.82) is 0 Å². The van der Waals surface area contributed by atoms with E-state index in [4.69, 9.17) is 10.8 Å². The molecule has 1 aliphatic rings. The number of nitrogens with one attached hydrogen (secondary N) is 2. The number of carbonyl (C=O) groups excluding carboxylic acids is 3. The zero-order valence-corrected chi connectivity index (χ0v) is 18.6. The largest absolute Gasteiger partial charge is 0.481 e. The van der Waals surface area contributed by atoms with E-state index in [-0.39, 0.29) is 24.5 Å². The van der Waals surface area contributed by atoms with E-state index in [1.165, 1.54) is 4.90 Å². The Morgan fingerprint density at radius 1 is 1.16 bits per heavy atom. The predicted molar refractivity (Wildman–Crippen MR) is 114 cm³/mol. The van der Waals surface area contributed by atoms with Gasteiger partial charge in [-0.3, -0.25) is 19.2 Å². The number of aliphatic carboxylic acids is 2. The second kappa shape index (κ2) is 12.5. The molecule has 1 fully saturated rings. The molecule has 6 N–H and O–H groups in total. The molecule has 5 atom stereocenters. The van der Waals surface area contributed by atoms with Crippen LogP contribution in [0.25, 0.3) is 0 Å². The van der Waals surface area contributed by atoms with Gasteiger partial charge in [-0.1, -0.05) is 20.3 Å². The second-order valence-electron chi connectivity index (χ2n) is 7.68. The minimum absolute atomic E-state index is 0.0773. The zero-order valence-electron chi connectivity index (χ0n) is 17.7. The molecule has 1 heterocycles. The van der Waals surface area contributed by atoms with E-state index in [0.29, 0.717) is 25.8 Å². The average molecular weight is 461 g/mol. The van der Waals surface area contributed by atoms with Gasteiger partial charge >= 0.3 is 11.9 Å². The Bertz CT molecular complexity index is 690. The molecule has 1 rings (SSSR count). The van der Waals surface area contributed by atoms with Crippen LogP contribution in [0, 0.1) is 5.92 Å². The molecule has 0 aliphatic carbocycles. The van der Waals surface area contributed by atoms with E-state index in [1.54, 1.807) is 6.92 Å². The van der Waals surface area contributed by atoms with E-state index in [2.05, 4.69) is 23.3 Å². The first kappa shape index (κ1) is 26.7. The van der Waals surface area contributed by atoms with Crippen LogP contribution in [0.1, 0.15) is 46.0 Å². The van der Waals surface area contributed by atoms with Crippen molar-refractivity contribution < 1.29 is 34.2 Å². The number of hydrogen-bond donors (Lipinski definition) is 6. The van der Waals surface area contributed by atoms with Gasteiger partial charge in [0.2, 0.25) is 17.7 Å². The minimum atomic E-state index is -1.11. The molecule has 0 radical (unpaired) electrons. The molecule has 3 amide bonds. The molecule has 0 aromatic heterocycles. The van der Waals surface area contributed by atoms with Gasteiger partial charge in [0, 0.05) is 18.7 Å². The van der Waals surface area contributed by atoms with Gasteiger partial charge in [-0.15, -0.1) is 0 Å². The monoisotopic (exact) mass is 460 g/mol. The van der Waals surface area contributed by atoms with Gasteiger partial charge < -0.3 is 31.5 Å². The fourth-order valence-electron chi connectivity index (χ4n) is 3.29. The lowest BCUT2D eigenvalue weighted by atomic mass is 9.97. The molecule has 1 aliphatic heterocycles. The molecule has 11 nitrogen and oxygen atoms in total. The van der Waals surface area contributed by atoms with Gasteiger partial charge in [-0.25, -0.2) is 4.79 Å². The molecule has 0 spiro atoms. The van der Waals surface area contributed by atoms with Crippen molar-refractivity contribution in [3.05, 3.63) is 0 Å². The van der Waals surface area contributed by atoms with Crippen LogP contribution in [0.5, 0.6) is 0 Å². The first-order valence-electron chi connectivity index (χ1n) is 10.3. The lowest BCUT2D eigenvalue weighted by Gasteiger charge is -2.31. The predicted octanol–water partition coefficient (Wildman–Crippen LogP) is -0.800. The Morgan fingerprint density at radius 3 is 2.32 bits per heavy atom. The Balaban J connectivity index is 2.87. The van der Waals surface area contributed by atoms with Crippen LogP contribution in [0.4, 0.5) is 0 Å². The van der Waals surface area contributed by atoms with Crippen molar-refractivity contribution in [2.45, 2.75) is 70.1 Å². The molecule has 0 aromatic rings. The maximum atomic E-state index is 13.1. The second-order valence-corrected chi connectivity index (χ2v) is 8.05. The third kappa shape index (κ3) is 7.69. The fourth-order valence-corrected chi connectivity index (χ4v) is 3.54. The van der Waals surface area contributed by atoms with Crippen molar-refractivity contribution in [3.63, 3.8) is 0 Å². The number of carbonyl (C=O) groups is 5. The highest BCUT2D eigenvalue weighted by Gasteiger charge is 2.39. The number of hydrogen-bond acceptors (Lipinski definition) is 7. The van der Waals surface area contributed by atoms with E-state index < -0.39 is 53.8 Å². The van der Waals surface area contributed by atoms with Crippen LogP contribution in [-0.4, -0.2) is 81.2 Å². The molecule has 31 heavy (non-hydrogen) atoms. The highest BCUT2D eigenvalue weighted by molar-refractivity contribution is 7.80. The smallest absolute Gasteiger partial charge is 0.326 e. The van der Waals surface area contributed by atoms with Crippen molar-refractivity contribution >= 4 is 42.3 Å². The van der Waals surface area contributed by atoms with Crippen molar-refractivity contribution in [2.75, 3.05) is 12.3 Å². The molecule has 176 valence electrons. The summed E-state index contributed by atoms with van der Waals surface area (Å²) in [5.41, 5.74) is 5.67. The number of nitrogens with zero attached hydrogens (tertiary/aromatic N) is 1. The van der Waals surface area contributed by atoms with E-state index >= 15 is 0 Å². The maximum absolute atomic E-state index is 13.1. The number of carboxylic acid groups (broad SMARTS) is 2. The van der Waals surface area contributed by atoms with E-state index in [0.717, 1.165) is 0 Å². The zero-order chi connectivity index (χ0) is 23.7. The van der Waals surface area contributed by atoms with Crippen LogP contribution < -0.4 is 16.4 Å². The molecule has 0 aromatic carbocycles. The van der Waals surface area contributed by atoms with Crippen molar-refractivity contribution in [2.24, 2.45) is 11.7 Å². The SMILES string of the molecule is CCC(C)C(NC(=O)C(CS)NC(=O)C(N)CCC(=O)O)C(=O)N1CCCC1C(=O)O. The van der Waals surface area contributed by atoms with Gasteiger partial charge in [-0.05, 0) is 25.2 Å². The van der Waals surface area contributed by atoms with Gasteiger partial charge in [0.05, 0.1) is 6.04 Å². The molecular weight excluding hydrogens is 428 g/mol. The highest BCUT2D eigenvalue weighted by Crippen LogP contribution is 2.21. The van der Waals surface area contributed by atoms with Crippen LogP contribution in [0.3, 0.4) is 0 Å². The van der Waals surface area contributed by atoms with Gasteiger partial charge in [0.1, 0.15) is 18.1 Å². The number of amides is 3. The summed E-state index contributed by atoms with van der Waals surface area (Å²) in [4.78, 5) is 61.4. The number of thiol groups is 1. The van der Waals surface area contributed by atoms with E-state index in [1.807, 2.05) is 6.92 Å². The van der Waals surface area contributed by atoms with Crippen LogP contribution >= 0.6 is 12.6 Å². The summed E-state index contributed by atoms with van der Waals surface area (Å²) in [6.07, 6.45) is 1.08. The molecular formula is C19H32N4O7S. The molecule has 1 saturated heterocycles. The Labute approximate surface area is 186 Å². The minimum Gasteiger partial charge on any atom is -0.481 e.